The van der Waals surface area contributed by atoms with Crippen molar-refractivity contribution >= 4 is 5.90 Å². The normalized spacial score (nSPS) is 22.6. The maximum absolute atomic E-state index is 13.7. The van der Waals surface area contributed by atoms with Gasteiger partial charge in [0.15, 0.2) is 0 Å². The smallest absolute Gasteiger partial charge is 0.430 e. The van der Waals surface area contributed by atoms with Crippen LogP contribution in [0.25, 0.3) is 0 Å². The Kier molecular flexibility index (Phi) is 4.04. The number of ether oxygens (including phenoxy) is 2. The summed E-state index contributed by atoms with van der Waals surface area (Å²) in [6.45, 7) is 2.01. The number of hydrogen-bond acceptors (Lipinski definition) is 3. The standard InChI is InChI=1S/C14H16F3NO2/c1-10-8-9-18-12(20-10)13(19-2,14(15,16)17)11-6-4-3-5-7-11/h3-7,10H,8-9H2,1-2H3/t10-,13-/m1/s1. The summed E-state index contributed by atoms with van der Waals surface area (Å²) in [7, 11) is 1.02. The summed E-state index contributed by atoms with van der Waals surface area (Å²) in [5.41, 5.74) is -2.69. The zero-order chi connectivity index (χ0) is 14.8. The van der Waals surface area contributed by atoms with E-state index in [1.807, 2.05) is 0 Å². The summed E-state index contributed by atoms with van der Waals surface area (Å²) in [4.78, 5) is 3.92. The second-order valence-corrected chi connectivity index (χ2v) is 4.65. The van der Waals surface area contributed by atoms with Gasteiger partial charge in [0, 0.05) is 25.6 Å². The largest absolute Gasteiger partial charge is 0.475 e. The van der Waals surface area contributed by atoms with Crippen LogP contribution in [-0.4, -0.2) is 31.8 Å². The topological polar surface area (TPSA) is 30.8 Å². The van der Waals surface area contributed by atoms with Gasteiger partial charge < -0.3 is 9.47 Å². The lowest BCUT2D eigenvalue weighted by Gasteiger charge is -2.37. The Hall–Kier alpha value is -1.56. The maximum Gasteiger partial charge on any atom is 0.430 e. The predicted octanol–water partition coefficient (Wildman–Crippen LogP) is 3.30. The van der Waals surface area contributed by atoms with E-state index in [-0.39, 0.29) is 11.7 Å². The third-order valence-electron chi connectivity index (χ3n) is 3.29. The van der Waals surface area contributed by atoms with Crippen LogP contribution in [0.3, 0.4) is 0 Å². The number of hydrogen-bond donors (Lipinski definition) is 0. The molecule has 1 aliphatic heterocycles. The molecule has 6 heteroatoms. The minimum absolute atomic E-state index is 0.0390. The molecule has 0 saturated heterocycles. The van der Waals surface area contributed by atoms with E-state index in [0.717, 1.165) is 7.11 Å². The zero-order valence-corrected chi connectivity index (χ0v) is 11.3. The monoisotopic (exact) mass is 287 g/mol. The first-order valence-electron chi connectivity index (χ1n) is 6.31. The highest BCUT2D eigenvalue weighted by atomic mass is 19.4. The number of nitrogens with zero attached hydrogens (tertiary/aromatic N) is 1. The summed E-state index contributed by atoms with van der Waals surface area (Å²) in [6.07, 6.45) is -4.39. The van der Waals surface area contributed by atoms with Crippen LogP contribution in [0.2, 0.25) is 0 Å². The highest BCUT2D eigenvalue weighted by Crippen LogP contribution is 2.44. The summed E-state index contributed by atoms with van der Waals surface area (Å²) >= 11 is 0. The van der Waals surface area contributed by atoms with Gasteiger partial charge in [-0.1, -0.05) is 30.3 Å². The van der Waals surface area contributed by atoms with E-state index >= 15 is 0 Å². The lowest BCUT2D eigenvalue weighted by atomic mass is 9.91. The fourth-order valence-electron chi connectivity index (χ4n) is 2.23. The van der Waals surface area contributed by atoms with Crippen LogP contribution in [0, 0.1) is 0 Å². The van der Waals surface area contributed by atoms with Crippen molar-refractivity contribution in [2.24, 2.45) is 4.99 Å². The Morgan fingerprint density at radius 3 is 2.40 bits per heavy atom. The number of benzene rings is 1. The average Bonchev–Trinajstić information content (AvgIpc) is 2.40. The number of aliphatic imine (C=N–C) groups is 1. The lowest BCUT2D eigenvalue weighted by molar-refractivity contribution is -0.252. The van der Waals surface area contributed by atoms with Crippen LogP contribution in [-0.2, 0) is 15.1 Å². The highest BCUT2D eigenvalue weighted by molar-refractivity contribution is 5.88. The van der Waals surface area contributed by atoms with Gasteiger partial charge in [0.2, 0.25) is 5.90 Å². The molecule has 1 aromatic carbocycles. The van der Waals surface area contributed by atoms with Crippen molar-refractivity contribution in [3.8, 4) is 0 Å². The van der Waals surface area contributed by atoms with E-state index < -0.39 is 17.7 Å². The Labute approximate surface area is 115 Å². The molecule has 0 bridgehead atoms. The van der Waals surface area contributed by atoms with Gasteiger partial charge in [-0.15, -0.1) is 0 Å². The molecular formula is C14H16F3NO2. The molecule has 0 radical (unpaired) electrons. The molecular weight excluding hydrogens is 271 g/mol. The van der Waals surface area contributed by atoms with Crippen LogP contribution in [0.15, 0.2) is 35.3 Å². The van der Waals surface area contributed by atoms with Crippen molar-refractivity contribution < 1.29 is 22.6 Å². The van der Waals surface area contributed by atoms with Gasteiger partial charge in [0.1, 0.15) is 0 Å². The number of rotatable bonds is 3. The zero-order valence-electron chi connectivity index (χ0n) is 11.3. The predicted molar refractivity (Wildman–Crippen MR) is 68.7 cm³/mol. The molecule has 0 amide bonds. The number of alkyl halides is 3. The van der Waals surface area contributed by atoms with Crippen LogP contribution >= 0.6 is 0 Å². The minimum atomic E-state index is -4.67. The first kappa shape index (κ1) is 14.8. The SMILES string of the molecule is CO[C@@](C1=NCC[C@@H](C)O1)(c1ccccc1)C(F)(F)F. The highest BCUT2D eigenvalue weighted by Gasteiger charge is 2.62. The Balaban J connectivity index is 2.58. The van der Waals surface area contributed by atoms with Crippen molar-refractivity contribution in [2.75, 3.05) is 13.7 Å². The number of halogens is 3. The Bertz CT molecular complexity index is 487. The molecule has 1 aliphatic rings. The molecule has 110 valence electrons. The summed E-state index contributed by atoms with van der Waals surface area (Å²) in [6, 6.07) is 7.43. The third kappa shape index (κ3) is 2.40. The van der Waals surface area contributed by atoms with Gasteiger partial charge in [-0.3, -0.25) is 4.99 Å². The molecule has 1 aromatic rings. The van der Waals surface area contributed by atoms with Gasteiger partial charge in [-0.25, -0.2) is 0 Å². The van der Waals surface area contributed by atoms with Crippen molar-refractivity contribution in [1.82, 2.24) is 0 Å². The molecule has 3 nitrogen and oxygen atoms in total. The molecule has 0 N–H and O–H groups in total. The van der Waals surface area contributed by atoms with Gasteiger partial charge >= 0.3 is 6.18 Å². The molecule has 0 spiro atoms. The van der Waals surface area contributed by atoms with E-state index in [1.54, 1.807) is 13.0 Å². The molecule has 2 rings (SSSR count). The van der Waals surface area contributed by atoms with Gasteiger partial charge in [0.05, 0.1) is 6.10 Å². The third-order valence-corrected chi connectivity index (χ3v) is 3.29. The van der Waals surface area contributed by atoms with E-state index in [1.165, 1.54) is 24.3 Å². The van der Waals surface area contributed by atoms with Crippen LogP contribution in [0.4, 0.5) is 13.2 Å². The van der Waals surface area contributed by atoms with Crippen LogP contribution in [0.1, 0.15) is 18.9 Å². The molecule has 0 saturated carbocycles. The van der Waals surface area contributed by atoms with E-state index in [4.69, 9.17) is 9.47 Å². The van der Waals surface area contributed by atoms with E-state index in [2.05, 4.69) is 4.99 Å². The molecule has 0 fully saturated rings. The maximum atomic E-state index is 13.7. The molecule has 1 heterocycles. The van der Waals surface area contributed by atoms with Crippen molar-refractivity contribution in [3.63, 3.8) is 0 Å². The van der Waals surface area contributed by atoms with E-state index in [9.17, 15) is 13.2 Å². The van der Waals surface area contributed by atoms with Gasteiger partial charge in [-0.2, -0.15) is 13.2 Å². The van der Waals surface area contributed by atoms with Crippen molar-refractivity contribution in [2.45, 2.75) is 31.2 Å². The second kappa shape index (κ2) is 5.44. The van der Waals surface area contributed by atoms with Crippen LogP contribution in [0.5, 0.6) is 0 Å². The van der Waals surface area contributed by atoms with Crippen molar-refractivity contribution in [3.05, 3.63) is 35.9 Å². The Morgan fingerprint density at radius 1 is 1.25 bits per heavy atom. The molecule has 0 aliphatic carbocycles. The summed E-state index contributed by atoms with van der Waals surface area (Å²) in [5.74, 6) is -0.419. The van der Waals surface area contributed by atoms with E-state index in [0.29, 0.717) is 13.0 Å². The van der Waals surface area contributed by atoms with Gasteiger partial charge in [0.25, 0.3) is 5.60 Å². The fourth-order valence-corrected chi connectivity index (χ4v) is 2.23. The molecule has 2 atom stereocenters. The number of methoxy groups -OCH3 is 1. The first-order valence-corrected chi connectivity index (χ1v) is 6.31. The average molecular weight is 287 g/mol. The summed E-state index contributed by atoms with van der Waals surface area (Å²) in [5, 5.41) is 0. The molecule has 20 heavy (non-hydrogen) atoms. The summed E-state index contributed by atoms with van der Waals surface area (Å²) < 4.78 is 51.3. The van der Waals surface area contributed by atoms with Crippen molar-refractivity contribution in [1.29, 1.82) is 0 Å². The lowest BCUT2D eigenvalue weighted by Crippen LogP contribution is -2.53. The van der Waals surface area contributed by atoms with Gasteiger partial charge in [-0.05, 0) is 6.92 Å². The van der Waals surface area contributed by atoms with Crippen LogP contribution < -0.4 is 0 Å². The fraction of sp³-hybridized carbons (Fsp3) is 0.500. The molecule has 0 unspecified atom stereocenters. The molecule has 0 aromatic heterocycles. The second-order valence-electron chi connectivity index (χ2n) is 4.65. The quantitative estimate of drug-likeness (QED) is 0.854. The minimum Gasteiger partial charge on any atom is -0.475 e. The Morgan fingerprint density at radius 2 is 1.90 bits per heavy atom. The first-order chi connectivity index (χ1) is 9.41.